The zero-order valence-corrected chi connectivity index (χ0v) is 7.64. The minimum Gasteiger partial charge on any atom is -0.254 e. The highest BCUT2D eigenvalue weighted by Crippen LogP contribution is 2.28. The Labute approximate surface area is 76.1 Å². The van der Waals surface area contributed by atoms with Crippen molar-refractivity contribution < 1.29 is 8.78 Å². The van der Waals surface area contributed by atoms with Gasteiger partial charge < -0.3 is 0 Å². The lowest BCUT2D eigenvalue weighted by molar-refractivity contribution is 0.0125. The van der Waals surface area contributed by atoms with Crippen LogP contribution in [0.3, 0.4) is 0 Å². The van der Waals surface area contributed by atoms with Gasteiger partial charge in [0.1, 0.15) is 5.69 Å². The van der Waals surface area contributed by atoms with Crippen LogP contribution < -0.4 is 0 Å². The van der Waals surface area contributed by atoms with Crippen molar-refractivity contribution >= 4 is 6.08 Å². The van der Waals surface area contributed by atoms with Crippen molar-refractivity contribution in [1.29, 1.82) is 0 Å². The SMILES string of the molecule is C=Cc1cc(C)cnc1C(C)(F)F. The molecule has 0 fully saturated rings. The van der Waals surface area contributed by atoms with Crippen molar-refractivity contribution in [2.75, 3.05) is 0 Å². The molecule has 0 aliphatic rings. The normalized spacial score (nSPS) is 11.4. The molecule has 0 saturated carbocycles. The lowest BCUT2D eigenvalue weighted by Gasteiger charge is -2.12. The molecule has 3 heteroatoms. The standard InChI is InChI=1S/C10H11F2N/c1-4-8-5-7(2)6-13-9(8)10(3,11)12/h4-6H,1H2,2-3H3. The molecular formula is C10H11F2N. The van der Waals surface area contributed by atoms with Crippen molar-refractivity contribution in [3.8, 4) is 0 Å². The molecule has 0 aliphatic heterocycles. The highest BCUT2D eigenvalue weighted by Gasteiger charge is 2.28. The van der Waals surface area contributed by atoms with Crippen molar-refractivity contribution in [1.82, 2.24) is 4.98 Å². The third-order valence-corrected chi connectivity index (χ3v) is 1.69. The Morgan fingerprint density at radius 2 is 2.15 bits per heavy atom. The maximum absolute atomic E-state index is 12.9. The number of aryl methyl sites for hydroxylation is 1. The minimum absolute atomic E-state index is 0.215. The molecule has 70 valence electrons. The van der Waals surface area contributed by atoms with E-state index >= 15 is 0 Å². The van der Waals surface area contributed by atoms with E-state index in [2.05, 4.69) is 11.6 Å². The molecule has 1 nitrogen and oxygen atoms in total. The number of rotatable bonds is 2. The van der Waals surface area contributed by atoms with Crippen molar-refractivity contribution in [2.45, 2.75) is 19.8 Å². The van der Waals surface area contributed by atoms with Gasteiger partial charge in [-0.1, -0.05) is 12.7 Å². The van der Waals surface area contributed by atoms with Crippen LogP contribution in [-0.4, -0.2) is 4.98 Å². The summed E-state index contributed by atoms with van der Waals surface area (Å²) in [6.07, 6.45) is 2.83. The smallest absolute Gasteiger partial charge is 0.254 e. The Hall–Kier alpha value is -1.25. The maximum Gasteiger partial charge on any atom is 0.287 e. The second-order valence-corrected chi connectivity index (χ2v) is 3.04. The molecule has 0 aromatic carbocycles. The molecule has 1 rings (SSSR count). The molecular weight excluding hydrogens is 172 g/mol. The van der Waals surface area contributed by atoms with Crippen LogP contribution in [0.1, 0.15) is 23.7 Å². The van der Waals surface area contributed by atoms with Crippen LogP contribution in [0.2, 0.25) is 0 Å². The Kier molecular flexibility index (Phi) is 2.45. The Balaban J connectivity index is 3.29. The number of aromatic nitrogens is 1. The van der Waals surface area contributed by atoms with Gasteiger partial charge in [0.05, 0.1) is 0 Å². The lowest BCUT2D eigenvalue weighted by Crippen LogP contribution is -2.11. The highest BCUT2D eigenvalue weighted by atomic mass is 19.3. The largest absolute Gasteiger partial charge is 0.287 e. The predicted octanol–water partition coefficient (Wildman–Crippen LogP) is 3.14. The van der Waals surface area contributed by atoms with Gasteiger partial charge in [0.2, 0.25) is 0 Å². The van der Waals surface area contributed by atoms with E-state index in [-0.39, 0.29) is 5.69 Å². The molecule has 0 radical (unpaired) electrons. The number of hydrogen-bond acceptors (Lipinski definition) is 1. The summed E-state index contributed by atoms with van der Waals surface area (Å²) in [5.41, 5.74) is 1.03. The minimum atomic E-state index is -2.91. The summed E-state index contributed by atoms with van der Waals surface area (Å²) >= 11 is 0. The molecule has 0 saturated heterocycles. The van der Waals surface area contributed by atoms with E-state index in [1.54, 1.807) is 13.0 Å². The molecule has 13 heavy (non-hydrogen) atoms. The van der Waals surface area contributed by atoms with Crippen LogP contribution in [0, 0.1) is 6.92 Å². The number of alkyl halides is 2. The van der Waals surface area contributed by atoms with E-state index in [9.17, 15) is 8.78 Å². The third kappa shape index (κ3) is 2.11. The van der Waals surface area contributed by atoms with Gasteiger partial charge in [-0.3, -0.25) is 4.98 Å². The van der Waals surface area contributed by atoms with E-state index in [0.29, 0.717) is 5.56 Å². The van der Waals surface area contributed by atoms with Crippen molar-refractivity contribution in [2.24, 2.45) is 0 Å². The predicted molar refractivity (Wildman–Crippen MR) is 48.6 cm³/mol. The topological polar surface area (TPSA) is 12.9 Å². The fraction of sp³-hybridized carbons (Fsp3) is 0.300. The van der Waals surface area contributed by atoms with E-state index in [1.165, 1.54) is 12.3 Å². The molecule has 0 aliphatic carbocycles. The van der Waals surface area contributed by atoms with Crippen LogP contribution in [-0.2, 0) is 5.92 Å². The van der Waals surface area contributed by atoms with Gasteiger partial charge in [-0.2, -0.15) is 8.78 Å². The molecule has 0 N–H and O–H groups in total. The van der Waals surface area contributed by atoms with Crippen LogP contribution in [0.15, 0.2) is 18.8 Å². The first-order valence-corrected chi connectivity index (χ1v) is 3.92. The van der Waals surface area contributed by atoms with Gasteiger partial charge in [-0.05, 0) is 18.6 Å². The molecule has 0 amide bonds. The summed E-state index contributed by atoms with van der Waals surface area (Å²) in [6.45, 7) is 6.11. The molecule has 0 bridgehead atoms. The van der Waals surface area contributed by atoms with E-state index < -0.39 is 5.92 Å². The van der Waals surface area contributed by atoms with Crippen LogP contribution >= 0.6 is 0 Å². The Bertz CT molecular complexity index is 326. The first kappa shape index (κ1) is 9.84. The highest BCUT2D eigenvalue weighted by molar-refractivity contribution is 5.51. The van der Waals surface area contributed by atoms with E-state index in [0.717, 1.165) is 12.5 Å². The van der Waals surface area contributed by atoms with Crippen LogP contribution in [0.5, 0.6) is 0 Å². The molecule has 1 heterocycles. The molecule has 0 unspecified atom stereocenters. The van der Waals surface area contributed by atoms with Gasteiger partial charge in [0.25, 0.3) is 5.92 Å². The molecule has 0 atom stereocenters. The number of nitrogens with zero attached hydrogens (tertiary/aromatic N) is 1. The van der Waals surface area contributed by atoms with Crippen molar-refractivity contribution in [3.05, 3.63) is 35.7 Å². The van der Waals surface area contributed by atoms with Crippen LogP contribution in [0.25, 0.3) is 6.08 Å². The van der Waals surface area contributed by atoms with E-state index in [4.69, 9.17) is 0 Å². The van der Waals surface area contributed by atoms with Gasteiger partial charge >= 0.3 is 0 Å². The summed E-state index contributed by atoms with van der Waals surface area (Å²) in [4.78, 5) is 3.70. The molecule has 0 spiro atoms. The maximum atomic E-state index is 12.9. The first-order valence-electron chi connectivity index (χ1n) is 3.92. The zero-order chi connectivity index (χ0) is 10.1. The zero-order valence-electron chi connectivity index (χ0n) is 7.64. The Morgan fingerprint density at radius 3 is 2.62 bits per heavy atom. The van der Waals surface area contributed by atoms with Gasteiger partial charge in [0.15, 0.2) is 0 Å². The second-order valence-electron chi connectivity index (χ2n) is 3.04. The number of hydrogen-bond donors (Lipinski definition) is 0. The summed E-state index contributed by atoms with van der Waals surface area (Å²) < 4.78 is 25.8. The average molecular weight is 183 g/mol. The summed E-state index contributed by atoms with van der Waals surface area (Å²) in [5.74, 6) is -2.91. The second kappa shape index (κ2) is 3.24. The first-order chi connectivity index (χ1) is 5.95. The van der Waals surface area contributed by atoms with E-state index in [1.807, 2.05) is 0 Å². The fourth-order valence-corrected chi connectivity index (χ4v) is 1.11. The number of halogens is 2. The summed E-state index contributed by atoms with van der Waals surface area (Å²) in [7, 11) is 0. The monoisotopic (exact) mass is 183 g/mol. The summed E-state index contributed by atoms with van der Waals surface area (Å²) in [6, 6.07) is 1.65. The fourth-order valence-electron chi connectivity index (χ4n) is 1.11. The average Bonchev–Trinajstić information content (AvgIpc) is 2.01. The quantitative estimate of drug-likeness (QED) is 0.686. The molecule has 1 aromatic rings. The number of pyridine rings is 1. The molecule has 1 aromatic heterocycles. The van der Waals surface area contributed by atoms with Gasteiger partial charge in [0, 0.05) is 18.7 Å². The third-order valence-electron chi connectivity index (χ3n) is 1.69. The van der Waals surface area contributed by atoms with Crippen molar-refractivity contribution in [3.63, 3.8) is 0 Å². The van der Waals surface area contributed by atoms with Gasteiger partial charge in [-0.15, -0.1) is 0 Å². The van der Waals surface area contributed by atoms with Gasteiger partial charge in [-0.25, -0.2) is 0 Å². The summed E-state index contributed by atoms with van der Waals surface area (Å²) in [5, 5.41) is 0. The lowest BCUT2D eigenvalue weighted by atomic mass is 10.1. The van der Waals surface area contributed by atoms with Crippen LogP contribution in [0.4, 0.5) is 8.78 Å². The Morgan fingerprint density at radius 1 is 1.54 bits per heavy atom.